The number of rotatable bonds is 6. The Morgan fingerprint density at radius 1 is 0.966 bits per heavy atom. The van der Waals surface area contributed by atoms with E-state index in [0.29, 0.717) is 23.4 Å². The Kier molecular flexibility index (Phi) is 7.91. The van der Waals surface area contributed by atoms with E-state index in [1.165, 1.54) is 0 Å². The summed E-state index contributed by atoms with van der Waals surface area (Å²) in [4.78, 5) is 24.6. The summed E-state index contributed by atoms with van der Waals surface area (Å²) in [5.41, 5.74) is 2.90. The molecular formula is C23H29N3O2S. The van der Waals surface area contributed by atoms with Gasteiger partial charge in [-0.2, -0.15) is 0 Å². The lowest BCUT2D eigenvalue weighted by Crippen LogP contribution is -2.34. The summed E-state index contributed by atoms with van der Waals surface area (Å²) in [6.07, 6.45) is 1.96. The monoisotopic (exact) mass is 411 g/mol. The minimum absolute atomic E-state index is 0.0275. The third kappa shape index (κ3) is 6.98. The van der Waals surface area contributed by atoms with Crippen molar-refractivity contribution in [3.05, 3.63) is 65.2 Å². The fourth-order valence-corrected chi connectivity index (χ4v) is 2.89. The Bertz CT molecular complexity index is 870. The van der Waals surface area contributed by atoms with Crippen LogP contribution in [0.1, 0.15) is 66.8 Å². The predicted octanol–water partition coefficient (Wildman–Crippen LogP) is 4.64. The molecule has 2 amide bonds. The maximum Gasteiger partial charge on any atom is 0.257 e. The largest absolute Gasteiger partial charge is 0.352 e. The van der Waals surface area contributed by atoms with Crippen molar-refractivity contribution in [3.63, 3.8) is 0 Å². The van der Waals surface area contributed by atoms with E-state index in [9.17, 15) is 9.59 Å². The Balaban J connectivity index is 1.95. The highest BCUT2D eigenvalue weighted by Crippen LogP contribution is 2.22. The molecule has 5 nitrogen and oxygen atoms in total. The van der Waals surface area contributed by atoms with Gasteiger partial charge in [-0.25, -0.2) is 0 Å². The van der Waals surface area contributed by atoms with Crippen LogP contribution in [0.25, 0.3) is 0 Å². The molecule has 0 atom stereocenters. The van der Waals surface area contributed by atoms with Crippen molar-refractivity contribution in [2.75, 3.05) is 11.9 Å². The van der Waals surface area contributed by atoms with Crippen LogP contribution in [-0.2, 0) is 5.41 Å². The van der Waals surface area contributed by atoms with Gasteiger partial charge in [-0.05, 0) is 59.9 Å². The van der Waals surface area contributed by atoms with Crippen LogP contribution in [-0.4, -0.2) is 23.5 Å². The van der Waals surface area contributed by atoms with Gasteiger partial charge in [0.05, 0.1) is 0 Å². The number of unbranched alkanes of at least 4 members (excludes halogenated alkanes) is 1. The number of hydrogen-bond acceptors (Lipinski definition) is 3. The summed E-state index contributed by atoms with van der Waals surface area (Å²) in [6.45, 7) is 9.10. The van der Waals surface area contributed by atoms with E-state index in [1.807, 2.05) is 12.1 Å². The summed E-state index contributed by atoms with van der Waals surface area (Å²) in [5.74, 6) is -0.410. The molecule has 6 heteroatoms. The first-order chi connectivity index (χ1) is 13.7. The van der Waals surface area contributed by atoms with Crippen molar-refractivity contribution in [2.24, 2.45) is 0 Å². The zero-order valence-electron chi connectivity index (χ0n) is 17.5. The lowest BCUT2D eigenvalue weighted by atomic mass is 9.87. The van der Waals surface area contributed by atoms with E-state index in [0.717, 1.165) is 18.4 Å². The Morgan fingerprint density at radius 2 is 1.66 bits per heavy atom. The van der Waals surface area contributed by atoms with E-state index in [4.69, 9.17) is 12.2 Å². The van der Waals surface area contributed by atoms with Crippen molar-refractivity contribution < 1.29 is 9.59 Å². The summed E-state index contributed by atoms with van der Waals surface area (Å²) in [6, 6.07) is 14.5. The Morgan fingerprint density at radius 3 is 2.28 bits per heavy atom. The fraction of sp³-hybridized carbons (Fsp3) is 0.348. The highest BCUT2D eigenvalue weighted by Gasteiger charge is 2.15. The smallest absolute Gasteiger partial charge is 0.257 e. The quantitative estimate of drug-likeness (QED) is 0.478. The van der Waals surface area contributed by atoms with Crippen LogP contribution < -0.4 is 16.0 Å². The van der Waals surface area contributed by atoms with Gasteiger partial charge in [-0.1, -0.05) is 52.3 Å². The number of anilines is 1. The first kappa shape index (κ1) is 22.6. The summed E-state index contributed by atoms with van der Waals surface area (Å²) >= 11 is 5.25. The van der Waals surface area contributed by atoms with Gasteiger partial charge in [-0.15, -0.1) is 0 Å². The van der Waals surface area contributed by atoms with E-state index in [1.54, 1.807) is 36.4 Å². The molecule has 0 radical (unpaired) electrons. The Hall–Kier alpha value is -2.73. The zero-order chi connectivity index (χ0) is 21.4. The summed E-state index contributed by atoms with van der Waals surface area (Å²) in [7, 11) is 0. The van der Waals surface area contributed by atoms with Gasteiger partial charge in [0.15, 0.2) is 5.11 Å². The maximum atomic E-state index is 12.4. The average Bonchev–Trinajstić information content (AvgIpc) is 2.67. The molecule has 0 unspecified atom stereocenters. The summed E-state index contributed by atoms with van der Waals surface area (Å²) < 4.78 is 0. The molecule has 0 heterocycles. The minimum atomic E-state index is -0.281. The molecular weight excluding hydrogens is 382 g/mol. The zero-order valence-corrected chi connectivity index (χ0v) is 18.3. The number of amides is 2. The standard InChI is InChI=1S/C23H29N3O2S/c1-5-6-14-24-20(27)17-8-7-9-19(15-17)25-22(29)26-21(28)16-10-12-18(13-11-16)23(2,3)4/h7-13,15H,5-6,14H2,1-4H3,(H,24,27)(H2,25,26,28,29). The molecule has 2 rings (SSSR count). The van der Waals surface area contributed by atoms with E-state index >= 15 is 0 Å². The second-order valence-corrected chi connectivity index (χ2v) is 8.33. The van der Waals surface area contributed by atoms with Gasteiger partial charge in [0.2, 0.25) is 0 Å². The third-order valence-corrected chi connectivity index (χ3v) is 4.64. The molecule has 0 aliphatic carbocycles. The van der Waals surface area contributed by atoms with E-state index in [-0.39, 0.29) is 22.3 Å². The maximum absolute atomic E-state index is 12.4. The SMILES string of the molecule is CCCCNC(=O)c1cccc(NC(=S)NC(=O)c2ccc(C(C)(C)C)cc2)c1. The highest BCUT2D eigenvalue weighted by molar-refractivity contribution is 7.80. The highest BCUT2D eigenvalue weighted by atomic mass is 32.1. The molecule has 154 valence electrons. The van der Waals surface area contributed by atoms with Gasteiger partial charge in [0.1, 0.15) is 0 Å². The number of carbonyl (C=O) groups excluding carboxylic acids is 2. The second kappa shape index (κ2) is 10.2. The summed E-state index contributed by atoms with van der Waals surface area (Å²) in [5, 5.41) is 8.69. The second-order valence-electron chi connectivity index (χ2n) is 7.93. The minimum Gasteiger partial charge on any atom is -0.352 e. The molecule has 0 aromatic heterocycles. The van der Waals surface area contributed by atoms with E-state index < -0.39 is 0 Å². The van der Waals surface area contributed by atoms with Gasteiger partial charge in [0, 0.05) is 23.4 Å². The van der Waals surface area contributed by atoms with Crippen molar-refractivity contribution in [1.82, 2.24) is 10.6 Å². The van der Waals surface area contributed by atoms with Gasteiger partial charge < -0.3 is 10.6 Å². The predicted molar refractivity (Wildman–Crippen MR) is 123 cm³/mol. The van der Waals surface area contributed by atoms with Crippen molar-refractivity contribution in [1.29, 1.82) is 0 Å². The lowest BCUT2D eigenvalue weighted by Gasteiger charge is -2.19. The topological polar surface area (TPSA) is 70.2 Å². The molecule has 0 saturated carbocycles. The molecule has 0 fully saturated rings. The molecule has 2 aromatic rings. The van der Waals surface area contributed by atoms with Gasteiger partial charge in [0.25, 0.3) is 11.8 Å². The van der Waals surface area contributed by atoms with Gasteiger partial charge in [-0.3, -0.25) is 14.9 Å². The first-order valence-electron chi connectivity index (χ1n) is 9.82. The first-order valence-corrected chi connectivity index (χ1v) is 10.2. The number of benzene rings is 2. The normalized spacial score (nSPS) is 10.9. The van der Waals surface area contributed by atoms with Crippen LogP contribution in [0.3, 0.4) is 0 Å². The van der Waals surface area contributed by atoms with Crippen LogP contribution in [0.5, 0.6) is 0 Å². The van der Waals surface area contributed by atoms with Crippen molar-refractivity contribution in [3.8, 4) is 0 Å². The average molecular weight is 412 g/mol. The number of hydrogen-bond donors (Lipinski definition) is 3. The molecule has 0 spiro atoms. The van der Waals surface area contributed by atoms with Crippen LogP contribution >= 0.6 is 12.2 Å². The van der Waals surface area contributed by atoms with Crippen molar-refractivity contribution >= 4 is 34.8 Å². The molecule has 0 aliphatic heterocycles. The number of thiocarbonyl (C=S) groups is 1. The van der Waals surface area contributed by atoms with Crippen LogP contribution in [0.2, 0.25) is 0 Å². The Labute approximate surface area is 178 Å². The number of carbonyl (C=O) groups is 2. The van der Waals surface area contributed by atoms with E-state index in [2.05, 4.69) is 43.6 Å². The number of nitrogens with one attached hydrogen (secondary N) is 3. The van der Waals surface area contributed by atoms with Crippen molar-refractivity contribution in [2.45, 2.75) is 46.0 Å². The lowest BCUT2D eigenvalue weighted by molar-refractivity contribution is 0.0950. The van der Waals surface area contributed by atoms with Crippen LogP contribution in [0, 0.1) is 0 Å². The molecule has 0 aliphatic rings. The molecule has 29 heavy (non-hydrogen) atoms. The molecule has 2 aromatic carbocycles. The molecule has 3 N–H and O–H groups in total. The molecule has 0 bridgehead atoms. The van der Waals surface area contributed by atoms with Crippen LogP contribution in [0.15, 0.2) is 48.5 Å². The van der Waals surface area contributed by atoms with Crippen LogP contribution in [0.4, 0.5) is 5.69 Å². The molecule has 0 saturated heterocycles. The fourth-order valence-electron chi connectivity index (χ4n) is 2.68. The third-order valence-electron chi connectivity index (χ3n) is 4.44. The van der Waals surface area contributed by atoms with Gasteiger partial charge >= 0.3 is 0 Å².